The fraction of sp³-hybridized carbons (Fsp3) is 0.304. The molecule has 0 aromatic heterocycles. The molecular weight excluding hydrogens is 390 g/mol. The van der Waals surface area contributed by atoms with Crippen LogP contribution in [0, 0.1) is 11.8 Å². The molecule has 0 saturated carbocycles. The second kappa shape index (κ2) is 6.26. The lowest BCUT2D eigenvalue weighted by Crippen LogP contribution is -2.48. The lowest BCUT2D eigenvalue weighted by Gasteiger charge is -2.35. The predicted molar refractivity (Wildman–Crippen MR) is 108 cm³/mol. The molecule has 2 aromatic carbocycles. The number of ketones is 2. The van der Waals surface area contributed by atoms with E-state index in [-0.39, 0.29) is 35.5 Å². The van der Waals surface area contributed by atoms with Gasteiger partial charge in [0.2, 0.25) is 6.29 Å². The van der Waals surface area contributed by atoms with Crippen molar-refractivity contribution in [2.75, 3.05) is 11.5 Å². The van der Waals surface area contributed by atoms with Crippen LogP contribution in [0.25, 0.3) is 6.08 Å². The zero-order valence-corrected chi connectivity index (χ0v) is 16.2. The van der Waals surface area contributed by atoms with Crippen LogP contribution in [-0.2, 0) is 14.3 Å². The Morgan fingerprint density at radius 1 is 1.14 bits per heavy atom. The average molecular weight is 408 g/mol. The standard InChI is InChI=1S/C23H18ClNO4/c24-14-7-9-15-13(10-14)6-8-16-18-19(17-11-28-23(29-17)22(18)27)20(25(15)16)21(26)12-4-2-1-3-5-12/h1-10,16-20,23H,11H2/t16-,17-,18+,19+,20-,23-/m1/s1. The van der Waals surface area contributed by atoms with E-state index < -0.39 is 12.3 Å². The van der Waals surface area contributed by atoms with Crippen LogP contribution in [0.1, 0.15) is 15.9 Å². The molecular formula is C23H18ClNO4. The maximum absolute atomic E-state index is 13.7. The first-order chi connectivity index (χ1) is 14.1. The maximum Gasteiger partial charge on any atom is 0.218 e. The van der Waals surface area contributed by atoms with Crippen molar-refractivity contribution in [3.05, 3.63) is 70.8 Å². The second-order valence-electron chi connectivity index (χ2n) is 7.98. The number of benzene rings is 2. The zero-order chi connectivity index (χ0) is 19.7. The first-order valence-electron chi connectivity index (χ1n) is 9.79. The Hall–Kier alpha value is -2.47. The number of rotatable bonds is 2. The van der Waals surface area contributed by atoms with Gasteiger partial charge in [0.05, 0.1) is 30.7 Å². The van der Waals surface area contributed by atoms with Crippen LogP contribution in [-0.4, -0.2) is 42.7 Å². The summed E-state index contributed by atoms with van der Waals surface area (Å²) in [5.74, 6) is -0.658. The monoisotopic (exact) mass is 407 g/mol. The first kappa shape index (κ1) is 17.4. The van der Waals surface area contributed by atoms with E-state index in [9.17, 15) is 9.59 Å². The van der Waals surface area contributed by atoms with E-state index in [1.807, 2.05) is 60.7 Å². The van der Waals surface area contributed by atoms with Gasteiger partial charge in [0, 0.05) is 22.2 Å². The lowest BCUT2D eigenvalue weighted by molar-refractivity contribution is -0.163. The number of carbonyl (C=O) groups is 2. The van der Waals surface area contributed by atoms with Gasteiger partial charge in [-0.2, -0.15) is 0 Å². The van der Waals surface area contributed by atoms with Gasteiger partial charge in [-0.05, 0) is 23.8 Å². The van der Waals surface area contributed by atoms with Gasteiger partial charge in [0.15, 0.2) is 11.6 Å². The first-order valence-corrected chi connectivity index (χ1v) is 10.2. The molecule has 29 heavy (non-hydrogen) atoms. The molecule has 0 N–H and O–H groups in total. The van der Waals surface area contributed by atoms with E-state index in [4.69, 9.17) is 21.1 Å². The zero-order valence-electron chi connectivity index (χ0n) is 15.4. The fourth-order valence-electron chi connectivity index (χ4n) is 5.38. The number of nitrogens with zero attached hydrogens (tertiary/aromatic N) is 1. The van der Waals surface area contributed by atoms with Crippen molar-refractivity contribution < 1.29 is 19.1 Å². The third kappa shape index (κ3) is 2.41. The Morgan fingerprint density at radius 2 is 1.97 bits per heavy atom. The van der Waals surface area contributed by atoms with E-state index in [1.54, 1.807) is 0 Å². The summed E-state index contributed by atoms with van der Waals surface area (Å²) in [7, 11) is 0. The van der Waals surface area contributed by atoms with Crippen molar-refractivity contribution in [2.24, 2.45) is 11.8 Å². The number of hydrogen-bond acceptors (Lipinski definition) is 5. The Balaban J connectivity index is 1.53. The number of halogens is 1. The molecule has 4 heterocycles. The van der Waals surface area contributed by atoms with Crippen LogP contribution in [0.15, 0.2) is 54.6 Å². The molecule has 0 unspecified atom stereocenters. The highest BCUT2D eigenvalue weighted by molar-refractivity contribution is 6.30. The highest BCUT2D eigenvalue weighted by Crippen LogP contribution is 2.51. The summed E-state index contributed by atoms with van der Waals surface area (Å²) in [5, 5.41) is 0.640. The summed E-state index contributed by atoms with van der Waals surface area (Å²) in [6.45, 7) is 0.341. The molecule has 0 spiro atoms. The third-order valence-corrected chi connectivity index (χ3v) is 6.77. The predicted octanol–water partition coefficient (Wildman–Crippen LogP) is 3.36. The Labute approximate surface area is 172 Å². The third-order valence-electron chi connectivity index (χ3n) is 6.54. The molecule has 0 amide bonds. The van der Waals surface area contributed by atoms with Crippen LogP contribution >= 0.6 is 11.6 Å². The largest absolute Gasteiger partial charge is 0.353 e. The van der Waals surface area contributed by atoms with Gasteiger partial charge in [0.1, 0.15) is 0 Å². The summed E-state index contributed by atoms with van der Waals surface area (Å²) < 4.78 is 11.4. The number of anilines is 1. The summed E-state index contributed by atoms with van der Waals surface area (Å²) in [6.07, 6.45) is 2.95. The second-order valence-corrected chi connectivity index (χ2v) is 8.42. The number of ether oxygens (including phenoxy) is 2. The van der Waals surface area contributed by atoms with Gasteiger partial charge in [-0.25, -0.2) is 0 Å². The number of Topliss-reactive ketones (excluding diaryl/α,β-unsaturated/α-hetero) is 2. The lowest BCUT2D eigenvalue weighted by atomic mass is 9.77. The summed E-state index contributed by atoms with van der Waals surface area (Å²) in [4.78, 5) is 29.0. The van der Waals surface area contributed by atoms with E-state index in [1.165, 1.54) is 0 Å². The van der Waals surface area contributed by atoms with Crippen LogP contribution in [0.5, 0.6) is 0 Å². The molecule has 2 aromatic rings. The van der Waals surface area contributed by atoms with E-state index in [2.05, 4.69) is 4.90 Å². The minimum Gasteiger partial charge on any atom is -0.353 e. The highest BCUT2D eigenvalue weighted by atomic mass is 35.5. The molecule has 2 bridgehead atoms. The van der Waals surface area contributed by atoms with Gasteiger partial charge >= 0.3 is 0 Å². The van der Waals surface area contributed by atoms with Crippen LogP contribution in [0.3, 0.4) is 0 Å². The Bertz CT molecular complexity index is 1050. The van der Waals surface area contributed by atoms with Crippen molar-refractivity contribution >= 4 is 34.9 Å². The molecule has 0 radical (unpaired) electrons. The topological polar surface area (TPSA) is 55.8 Å². The smallest absolute Gasteiger partial charge is 0.218 e. The van der Waals surface area contributed by atoms with E-state index >= 15 is 0 Å². The van der Waals surface area contributed by atoms with Crippen molar-refractivity contribution in [2.45, 2.75) is 24.5 Å². The van der Waals surface area contributed by atoms with Crippen molar-refractivity contribution in [1.82, 2.24) is 0 Å². The molecule has 4 aliphatic heterocycles. The normalized spacial score (nSPS) is 34.0. The molecule has 6 rings (SSSR count). The fourth-order valence-corrected chi connectivity index (χ4v) is 5.56. The van der Waals surface area contributed by atoms with Gasteiger partial charge in [0.25, 0.3) is 0 Å². The molecule has 6 heteroatoms. The average Bonchev–Trinajstić information content (AvgIpc) is 3.33. The number of carbonyl (C=O) groups excluding carboxylic acids is 2. The molecule has 5 nitrogen and oxygen atoms in total. The van der Waals surface area contributed by atoms with Gasteiger partial charge in [-0.3, -0.25) is 9.59 Å². The van der Waals surface area contributed by atoms with E-state index in [0.29, 0.717) is 17.2 Å². The van der Waals surface area contributed by atoms with Crippen molar-refractivity contribution in [3.63, 3.8) is 0 Å². The molecule has 3 fully saturated rings. The molecule has 4 aliphatic rings. The van der Waals surface area contributed by atoms with Crippen LogP contribution in [0.2, 0.25) is 5.02 Å². The van der Waals surface area contributed by atoms with Crippen LogP contribution < -0.4 is 4.90 Å². The molecule has 6 atom stereocenters. The number of hydrogen-bond donors (Lipinski definition) is 0. The van der Waals surface area contributed by atoms with Crippen molar-refractivity contribution in [1.29, 1.82) is 0 Å². The Morgan fingerprint density at radius 3 is 2.79 bits per heavy atom. The summed E-state index contributed by atoms with van der Waals surface area (Å²) in [5.41, 5.74) is 2.51. The molecule has 3 saturated heterocycles. The van der Waals surface area contributed by atoms with Crippen molar-refractivity contribution in [3.8, 4) is 0 Å². The van der Waals surface area contributed by atoms with Gasteiger partial charge in [-0.15, -0.1) is 0 Å². The Kier molecular flexibility index (Phi) is 3.76. The minimum atomic E-state index is -0.811. The SMILES string of the molecule is O=C1[C@@H]2OC[C@@H](O2)[C@H]2[C@@H]1[C@H]1C=Cc3cc(Cl)ccc3N1[C@H]2C(=O)c1ccccc1. The quantitative estimate of drug-likeness (QED) is 0.714. The summed E-state index contributed by atoms with van der Waals surface area (Å²) >= 11 is 6.20. The number of fused-ring (bicyclic) bond motifs is 8. The molecule has 146 valence electrons. The molecule has 0 aliphatic carbocycles. The van der Waals surface area contributed by atoms with E-state index in [0.717, 1.165) is 11.3 Å². The summed E-state index contributed by atoms with van der Waals surface area (Å²) in [6, 6.07) is 14.2. The van der Waals surface area contributed by atoms with Gasteiger partial charge < -0.3 is 14.4 Å². The van der Waals surface area contributed by atoms with Gasteiger partial charge in [-0.1, -0.05) is 54.1 Å². The van der Waals surface area contributed by atoms with Crippen LogP contribution in [0.4, 0.5) is 5.69 Å². The minimum absolute atomic E-state index is 0.000972. The highest BCUT2D eigenvalue weighted by Gasteiger charge is 2.63. The maximum atomic E-state index is 13.7.